The van der Waals surface area contributed by atoms with Gasteiger partial charge < -0.3 is 10.1 Å². The van der Waals surface area contributed by atoms with Gasteiger partial charge in [-0.25, -0.2) is 8.99 Å². The van der Waals surface area contributed by atoms with Crippen LogP contribution in [0.2, 0.25) is 0 Å². The highest BCUT2D eigenvalue weighted by Crippen LogP contribution is 2.33. The van der Waals surface area contributed by atoms with Crippen LogP contribution in [0.15, 0.2) is 57.9 Å². The van der Waals surface area contributed by atoms with E-state index in [9.17, 15) is 22.2 Å². The maximum atomic E-state index is 13.2. The number of carbonyl (C=O) groups is 1. The minimum Gasteiger partial charge on any atom is -0.437 e. The maximum absolute atomic E-state index is 13.2. The van der Waals surface area contributed by atoms with E-state index in [4.69, 9.17) is 9.52 Å². The zero-order chi connectivity index (χ0) is 23.7. The molecule has 0 fully saturated rings. The zero-order valence-corrected chi connectivity index (χ0v) is 19.1. The van der Waals surface area contributed by atoms with Gasteiger partial charge in [0.15, 0.2) is 5.69 Å². The number of halogens is 4. The molecule has 0 aliphatic heterocycles. The van der Waals surface area contributed by atoms with Gasteiger partial charge in [0.2, 0.25) is 0 Å². The molecule has 32 heavy (non-hydrogen) atoms. The van der Waals surface area contributed by atoms with Gasteiger partial charge in [0.25, 0.3) is 11.8 Å². The minimum absolute atomic E-state index is 0.144. The van der Waals surface area contributed by atoms with E-state index >= 15 is 0 Å². The van der Waals surface area contributed by atoms with Crippen molar-refractivity contribution in [3.8, 4) is 11.6 Å². The number of benzene rings is 2. The van der Waals surface area contributed by atoms with Gasteiger partial charge in [-0.05, 0) is 55.0 Å². The number of hydrogen-bond acceptors (Lipinski definition) is 6. The lowest BCUT2D eigenvalue weighted by Gasteiger charge is -2.14. The zero-order valence-electron chi connectivity index (χ0n) is 16.7. The van der Waals surface area contributed by atoms with E-state index in [0.29, 0.717) is 11.6 Å². The lowest BCUT2D eigenvalue weighted by atomic mass is 10.2. The fourth-order valence-electron chi connectivity index (χ4n) is 2.60. The molecule has 2 N–H and O–H groups in total. The normalized spacial score (nSPS) is 13.3. The van der Waals surface area contributed by atoms with E-state index in [1.807, 2.05) is 0 Å². The SMILES string of the molecule is Cc1cc(Br)ccc1Oc1nnc(C(F)(F)F)cc1C(=O)Nc1cccc(S(C)(=N)=O)c1. The number of alkyl halides is 3. The summed E-state index contributed by atoms with van der Waals surface area (Å²) in [5.41, 5.74) is -1.07. The molecule has 3 rings (SSSR count). The summed E-state index contributed by atoms with van der Waals surface area (Å²) in [6, 6.07) is 11.2. The first-order valence-corrected chi connectivity index (χ1v) is 11.6. The summed E-state index contributed by atoms with van der Waals surface area (Å²) in [6.45, 7) is 1.71. The number of hydrogen-bond donors (Lipinski definition) is 2. The molecule has 7 nitrogen and oxygen atoms in total. The molecule has 0 saturated heterocycles. The Kier molecular flexibility index (Phi) is 6.56. The van der Waals surface area contributed by atoms with Crippen molar-refractivity contribution in [2.24, 2.45) is 0 Å². The average molecular weight is 529 g/mol. The Labute approximate surface area is 190 Å². The Balaban J connectivity index is 2.01. The number of nitrogens with zero attached hydrogens (tertiary/aromatic N) is 2. The summed E-state index contributed by atoms with van der Waals surface area (Å²) in [4.78, 5) is 13.0. The van der Waals surface area contributed by atoms with Crippen LogP contribution >= 0.6 is 15.9 Å². The highest BCUT2D eigenvalue weighted by molar-refractivity contribution is 9.10. The van der Waals surface area contributed by atoms with Crippen molar-refractivity contribution < 1.29 is 26.9 Å². The van der Waals surface area contributed by atoms with Crippen molar-refractivity contribution in [1.82, 2.24) is 10.2 Å². The molecule has 1 heterocycles. The third-order valence-electron chi connectivity index (χ3n) is 4.18. The van der Waals surface area contributed by atoms with Gasteiger partial charge in [0.05, 0.1) is 9.73 Å². The summed E-state index contributed by atoms with van der Waals surface area (Å²) in [7, 11) is -3.06. The van der Waals surface area contributed by atoms with E-state index in [-0.39, 0.29) is 16.3 Å². The second-order valence-electron chi connectivity index (χ2n) is 6.78. The molecule has 1 amide bonds. The van der Waals surface area contributed by atoms with Crippen molar-refractivity contribution in [3.05, 3.63) is 69.8 Å². The number of aromatic nitrogens is 2. The number of carbonyl (C=O) groups excluding carboxylic acids is 1. The number of nitrogens with one attached hydrogen (secondary N) is 2. The van der Waals surface area contributed by atoms with E-state index < -0.39 is 38.9 Å². The van der Waals surface area contributed by atoms with Crippen molar-refractivity contribution in [2.75, 3.05) is 11.6 Å². The van der Waals surface area contributed by atoms with Crippen LogP contribution in [0, 0.1) is 11.7 Å². The van der Waals surface area contributed by atoms with Gasteiger partial charge in [-0.15, -0.1) is 10.2 Å². The van der Waals surface area contributed by atoms with Gasteiger partial charge in [0, 0.05) is 21.3 Å². The predicted molar refractivity (Wildman–Crippen MR) is 115 cm³/mol. The van der Waals surface area contributed by atoms with Crippen LogP contribution in [0.5, 0.6) is 11.6 Å². The van der Waals surface area contributed by atoms with Crippen molar-refractivity contribution in [3.63, 3.8) is 0 Å². The first kappa shape index (κ1) is 23.7. The van der Waals surface area contributed by atoms with E-state index in [0.717, 1.165) is 4.47 Å². The Bertz CT molecular complexity index is 1300. The molecule has 12 heteroatoms. The Hall–Kier alpha value is -2.99. The molecule has 1 unspecified atom stereocenters. The standard InChI is InChI=1S/C20H16BrF3N4O3S/c1-11-8-12(21)6-7-16(11)31-19-15(10-17(27-28-19)20(22,23)24)18(29)26-13-4-3-5-14(9-13)32(2,25)30/h3-10,25H,1-2H3,(H,26,29). The number of amides is 1. The largest absolute Gasteiger partial charge is 0.437 e. The summed E-state index contributed by atoms with van der Waals surface area (Å²) in [6.07, 6.45) is -3.62. The number of rotatable bonds is 5. The molecule has 0 aliphatic rings. The second kappa shape index (κ2) is 8.87. The number of ether oxygens (including phenoxy) is 1. The van der Waals surface area contributed by atoms with Gasteiger partial charge in [0.1, 0.15) is 11.3 Å². The molecular weight excluding hydrogens is 513 g/mol. The summed E-state index contributed by atoms with van der Waals surface area (Å²) >= 11 is 3.30. The highest BCUT2D eigenvalue weighted by atomic mass is 79.9. The van der Waals surface area contributed by atoms with Crippen LogP contribution in [0.4, 0.5) is 18.9 Å². The average Bonchev–Trinajstić information content (AvgIpc) is 2.69. The Morgan fingerprint density at radius 1 is 1.16 bits per heavy atom. The molecule has 3 aromatic rings. The molecule has 0 spiro atoms. The lowest BCUT2D eigenvalue weighted by molar-refractivity contribution is -0.141. The summed E-state index contributed by atoms with van der Waals surface area (Å²) < 4.78 is 65.5. The smallest absolute Gasteiger partial charge is 0.435 e. The molecule has 168 valence electrons. The fourth-order valence-corrected chi connectivity index (χ4v) is 3.77. The van der Waals surface area contributed by atoms with Crippen molar-refractivity contribution in [1.29, 1.82) is 4.78 Å². The first-order valence-electron chi connectivity index (χ1n) is 8.89. The predicted octanol–water partition coefficient (Wildman–Crippen LogP) is 5.65. The summed E-state index contributed by atoms with van der Waals surface area (Å²) in [5, 5.41) is 9.05. The van der Waals surface area contributed by atoms with E-state index in [2.05, 4.69) is 31.4 Å². The van der Waals surface area contributed by atoms with Crippen LogP contribution in [0.25, 0.3) is 0 Å². The van der Waals surface area contributed by atoms with E-state index in [1.165, 1.54) is 30.5 Å². The van der Waals surface area contributed by atoms with Crippen LogP contribution in [-0.4, -0.2) is 26.6 Å². The molecular formula is C20H16BrF3N4O3S. The molecule has 2 aromatic carbocycles. The number of anilines is 1. The van der Waals surface area contributed by atoms with Crippen LogP contribution in [0.1, 0.15) is 21.6 Å². The van der Waals surface area contributed by atoms with E-state index in [1.54, 1.807) is 25.1 Å². The third-order valence-corrected chi connectivity index (χ3v) is 5.83. The quantitative estimate of drug-likeness (QED) is 0.445. The molecule has 0 aliphatic carbocycles. The van der Waals surface area contributed by atoms with Gasteiger partial charge in [-0.2, -0.15) is 13.2 Å². The van der Waals surface area contributed by atoms with Crippen LogP contribution in [0.3, 0.4) is 0 Å². The Morgan fingerprint density at radius 3 is 2.50 bits per heavy atom. The topological polar surface area (TPSA) is 105 Å². The van der Waals surface area contributed by atoms with Gasteiger partial charge in [-0.1, -0.05) is 22.0 Å². The maximum Gasteiger partial charge on any atom is 0.435 e. The van der Waals surface area contributed by atoms with Crippen molar-refractivity contribution in [2.45, 2.75) is 18.0 Å². The molecule has 0 radical (unpaired) electrons. The summed E-state index contributed by atoms with van der Waals surface area (Å²) in [5.74, 6) is -1.09. The molecule has 0 saturated carbocycles. The van der Waals surface area contributed by atoms with Crippen LogP contribution < -0.4 is 10.1 Å². The number of aryl methyl sites for hydroxylation is 1. The Morgan fingerprint density at radius 2 is 1.88 bits per heavy atom. The third kappa shape index (κ3) is 5.62. The first-order chi connectivity index (χ1) is 14.8. The lowest BCUT2D eigenvalue weighted by Crippen LogP contribution is -2.18. The van der Waals surface area contributed by atoms with Gasteiger partial charge >= 0.3 is 6.18 Å². The van der Waals surface area contributed by atoms with Crippen LogP contribution in [-0.2, 0) is 15.9 Å². The highest BCUT2D eigenvalue weighted by Gasteiger charge is 2.35. The monoisotopic (exact) mass is 528 g/mol. The van der Waals surface area contributed by atoms with Crippen molar-refractivity contribution >= 4 is 37.3 Å². The fraction of sp³-hybridized carbons (Fsp3) is 0.150. The molecule has 0 bridgehead atoms. The van der Waals surface area contributed by atoms with Gasteiger partial charge in [-0.3, -0.25) is 4.79 Å². The molecule has 1 atom stereocenters. The molecule has 1 aromatic heterocycles. The minimum atomic E-state index is -4.83. The second-order valence-corrected chi connectivity index (χ2v) is 9.86.